The number of aliphatic carboxylic acids is 2. The number of ether oxygens (including phenoxy) is 1. The quantitative estimate of drug-likeness (QED) is 0.870. The zero-order chi connectivity index (χ0) is 17.2. The van der Waals surface area contributed by atoms with Crippen molar-refractivity contribution in [3.8, 4) is 5.75 Å². The van der Waals surface area contributed by atoms with Crippen LogP contribution in [0.5, 0.6) is 5.75 Å². The Balaban J connectivity index is 2.45. The Kier molecular flexibility index (Phi) is 4.49. The Labute approximate surface area is 130 Å². The molecule has 1 aromatic rings. The van der Waals surface area contributed by atoms with Gasteiger partial charge in [0.25, 0.3) is 0 Å². The van der Waals surface area contributed by atoms with Gasteiger partial charge in [-0.05, 0) is 30.7 Å². The molecule has 122 valence electrons. The first-order valence-electron chi connectivity index (χ1n) is 6.66. The van der Waals surface area contributed by atoms with Gasteiger partial charge >= 0.3 is 18.6 Å². The van der Waals surface area contributed by atoms with Crippen molar-refractivity contribution < 1.29 is 33.3 Å². The maximum Gasteiger partial charge on any atom is 0.387 e. The lowest BCUT2D eigenvalue weighted by Gasteiger charge is -2.30. The van der Waals surface area contributed by atoms with E-state index in [1.807, 2.05) is 0 Å². The Bertz CT molecular complexity index is 691. The second-order valence-corrected chi connectivity index (χ2v) is 5.22. The molecule has 2 N–H and O–H groups in total. The van der Waals surface area contributed by atoms with E-state index in [2.05, 4.69) is 4.74 Å². The van der Waals surface area contributed by atoms with E-state index in [1.165, 1.54) is 36.4 Å². The Morgan fingerprint density at radius 3 is 2.30 bits per heavy atom. The van der Waals surface area contributed by atoms with Crippen molar-refractivity contribution >= 4 is 11.9 Å². The predicted molar refractivity (Wildman–Crippen MR) is 76.5 cm³/mol. The third kappa shape index (κ3) is 3.39. The van der Waals surface area contributed by atoms with Crippen molar-refractivity contribution in [2.24, 2.45) is 0 Å². The Hall–Kier alpha value is -2.70. The Morgan fingerprint density at radius 1 is 1.22 bits per heavy atom. The van der Waals surface area contributed by atoms with Gasteiger partial charge in [0.2, 0.25) is 0 Å². The molecule has 1 unspecified atom stereocenters. The van der Waals surface area contributed by atoms with E-state index in [0.717, 1.165) is 0 Å². The van der Waals surface area contributed by atoms with Gasteiger partial charge in [0, 0.05) is 12.0 Å². The lowest BCUT2D eigenvalue weighted by molar-refractivity contribution is -0.142. The number of hydrogen-bond acceptors (Lipinski definition) is 3. The van der Waals surface area contributed by atoms with Crippen LogP contribution in [0.4, 0.5) is 8.78 Å². The van der Waals surface area contributed by atoms with E-state index in [0.29, 0.717) is 5.57 Å². The Morgan fingerprint density at radius 2 is 1.83 bits per heavy atom. The number of carbonyl (C=O) groups is 2. The molecular weight excluding hydrogens is 310 g/mol. The largest absolute Gasteiger partial charge is 0.480 e. The normalized spacial score (nSPS) is 20.7. The van der Waals surface area contributed by atoms with Crippen LogP contribution in [0, 0.1) is 0 Å². The van der Waals surface area contributed by atoms with Crippen LogP contribution >= 0.6 is 0 Å². The molecular formula is C16H14F2O5. The first-order chi connectivity index (χ1) is 10.7. The number of carboxylic acids is 2. The fourth-order valence-corrected chi connectivity index (χ4v) is 2.62. The van der Waals surface area contributed by atoms with Gasteiger partial charge in [-0.15, -0.1) is 0 Å². The summed E-state index contributed by atoms with van der Waals surface area (Å²) in [5.74, 6) is -2.51. The summed E-state index contributed by atoms with van der Waals surface area (Å²) in [6.45, 7) is -1.37. The summed E-state index contributed by atoms with van der Waals surface area (Å²) in [6, 6.07) is 5.16. The highest BCUT2D eigenvalue weighted by molar-refractivity contribution is 5.93. The molecule has 7 heteroatoms. The molecule has 0 heterocycles. The number of benzene rings is 1. The molecule has 1 atom stereocenters. The minimum absolute atomic E-state index is 0.0275. The lowest BCUT2D eigenvalue weighted by atomic mass is 9.71. The molecule has 1 aliphatic rings. The molecule has 0 spiro atoms. The molecule has 0 aromatic heterocycles. The van der Waals surface area contributed by atoms with Gasteiger partial charge < -0.3 is 14.9 Å². The molecule has 23 heavy (non-hydrogen) atoms. The number of alkyl halides is 2. The van der Waals surface area contributed by atoms with Gasteiger partial charge in [0.15, 0.2) is 0 Å². The van der Waals surface area contributed by atoms with E-state index >= 15 is 0 Å². The number of carboxylic acid groups (broad SMARTS) is 2. The molecule has 5 nitrogen and oxygen atoms in total. The SMILES string of the molecule is CC1=CC(C(=O)O)(c2ccc(OC(F)F)cc2)CC(C(=O)O)=C1. The number of rotatable bonds is 5. The van der Waals surface area contributed by atoms with Crippen molar-refractivity contribution in [3.63, 3.8) is 0 Å². The second-order valence-electron chi connectivity index (χ2n) is 5.22. The van der Waals surface area contributed by atoms with Crippen LogP contribution in [0.3, 0.4) is 0 Å². The average Bonchev–Trinajstić information content (AvgIpc) is 2.46. The maximum atomic E-state index is 12.2. The van der Waals surface area contributed by atoms with Crippen molar-refractivity contribution in [1.29, 1.82) is 0 Å². The van der Waals surface area contributed by atoms with E-state index in [4.69, 9.17) is 5.11 Å². The number of allylic oxidation sites excluding steroid dienone is 2. The predicted octanol–water partition coefficient (Wildman–Crippen LogP) is 2.97. The summed E-state index contributed by atoms with van der Waals surface area (Å²) >= 11 is 0. The highest BCUT2D eigenvalue weighted by Crippen LogP contribution is 2.38. The van der Waals surface area contributed by atoms with Crippen LogP contribution < -0.4 is 4.74 Å². The molecule has 0 saturated carbocycles. The third-order valence-electron chi connectivity index (χ3n) is 3.60. The second kappa shape index (κ2) is 6.20. The van der Waals surface area contributed by atoms with Crippen LogP contribution in [0.25, 0.3) is 0 Å². The molecule has 2 rings (SSSR count). The zero-order valence-corrected chi connectivity index (χ0v) is 12.1. The van der Waals surface area contributed by atoms with Crippen molar-refractivity contribution in [1.82, 2.24) is 0 Å². The summed E-state index contributed by atoms with van der Waals surface area (Å²) in [5, 5.41) is 18.8. The van der Waals surface area contributed by atoms with Crippen LogP contribution in [-0.4, -0.2) is 28.8 Å². The first-order valence-corrected chi connectivity index (χ1v) is 6.66. The van der Waals surface area contributed by atoms with Crippen molar-refractivity contribution in [2.45, 2.75) is 25.4 Å². The van der Waals surface area contributed by atoms with E-state index < -0.39 is 24.0 Å². The summed E-state index contributed by atoms with van der Waals surface area (Å²) < 4.78 is 28.6. The summed E-state index contributed by atoms with van der Waals surface area (Å²) in [5.41, 5.74) is -0.794. The van der Waals surface area contributed by atoms with Gasteiger partial charge in [0.1, 0.15) is 11.2 Å². The zero-order valence-electron chi connectivity index (χ0n) is 12.1. The molecule has 0 bridgehead atoms. The van der Waals surface area contributed by atoms with Gasteiger partial charge in [-0.3, -0.25) is 4.79 Å². The fourth-order valence-electron chi connectivity index (χ4n) is 2.62. The van der Waals surface area contributed by atoms with E-state index in [9.17, 15) is 23.5 Å². The molecule has 0 amide bonds. The highest BCUT2D eigenvalue weighted by Gasteiger charge is 2.42. The van der Waals surface area contributed by atoms with Gasteiger partial charge in [-0.25, -0.2) is 4.79 Å². The van der Waals surface area contributed by atoms with Gasteiger partial charge in [-0.2, -0.15) is 8.78 Å². The first kappa shape index (κ1) is 16.7. The average molecular weight is 324 g/mol. The summed E-state index contributed by atoms with van der Waals surface area (Å²) in [6.07, 6.45) is 2.65. The van der Waals surface area contributed by atoms with Gasteiger partial charge in [-0.1, -0.05) is 23.8 Å². The van der Waals surface area contributed by atoms with Crippen molar-refractivity contribution in [2.75, 3.05) is 0 Å². The molecule has 0 fully saturated rings. The van der Waals surface area contributed by atoms with Crippen LogP contribution in [0.2, 0.25) is 0 Å². The number of hydrogen-bond donors (Lipinski definition) is 2. The monoisotopic (exact) mass is 324 g/mol. The number of halogens is 2. The molecule has 1 aromatic carbocycles. The van der Waals surface area contributed by atoms with Crippen molar-refractivity contribution in [3.05, 3.63) is 53.1 Å². The van der Waals surface area contributed by atoms with Crippen LogP contribution in [0.1, 0.15) is 18.9 Å². The smallest absolute Gasteiger partial charge is 0.387 e. The highest BCUT2D eigenvalue weighted by atomic mass is 19.3. The van der Waals surface area contributed by atoms with Crippen LogP contribution in [-0.2, 0) is 15.0 Å². The fraction of sp³-hybridized carbons (Fsp3) is 0.250. The molecule has 0 aliphatic heterocycles. The summed E-state index contributed by atoms with van der Waals surface area (Å²) in [7, 11) is 0. The van der Waals surface area contributed by atoms with E-state index in [-0.39, 0.29) is 23.3 Å². The molecule has 0 saturated heterocycles. The lowest BCUT2D eigenvalue weighted by Crippen LogP contribution is -2.37. The summed E-state index contributed by atoms with van der Waals surface area (Å²) in [4.78, 5) is 23.1. The molecule has 1 aliphatic carbocycles. The maximum absolute atomic E-state index is 12.2. The molecule has 0 radical (unpaired) electrons. The third-order valence-corrected chi connectivity index (χ3v) is 3.60. The van der Waals surface area contributed by atoms with Crippen LogP contribution in [0.15, 0.2) is 47.6 Å². The standard InChI is InChI=1S/C16H14F2O5/c1-9-6-10(13(19)20)8-16(7-9,14(21)22)11-2-4-12(5-3-11)23-15(17)18/h2-7,15H,8H2,1H3,(H,19,20)(H,21,22). The topological polar surface area (TPSA) is 83.8 Å². The van der Waals surface area contributed by atoms with Gasteiger partial charge in [0.05, 0.1) is 0 Å². The minimum Gasteiger partial charge on any atom is -0.480 e. The minimum atomic E-state index is -2.98. The van der Waals surface area contributed by atoms with E-state index in [1.54, 1.807) is 6.92 Å².